The van der Waals surface area contributed by atoms with E-state index in [0.717, 1.165) is 12.1 Å². The second-order valence-corrected chi connectivity index (χ2v) is 5.40. The number of ether oxygens (including phenoxy) is 1. The molecule has 1 heterocycles. The van der Waals surface area contributed by atoms with Gasteiger partial charge in [0, 0.05) is 25.8 Å². The second-order valence-electron chi connectivity index (χ2n) is 5.40. The first-order valence-electron chi connectivity index (χ1n) is 6.49. The summed E-state index contributed by atoms with van der Waals surface area (Å²) in [5, 5.41) is 4.43. The lowest BCUT2D eigenvalue weighted by Crippen LogP contribution is -2.27. The quantitative estimate of drug-likeness (QED) is 0.749. The SMILES string of the molecule is CCC(C)n1ccc(CC(=O)CC(C)(C)OC)n1. The van der Waals surface area contributed by atoms with Crippen molar-refractivity contribution in [2.75, 3.05) is 7.11 Å². The molecule has 0 bridgehead atoms. The van der Waals surface area contributed by atoms with Crippen LogP contribution < -0.4 is 0 Å². The van der Waals surface area contributed by atoms with Crippen LogP contribution in [-0.4, -0.2) is 28.3 Å². The highest BCUT2D eigenvalue weighted by Crippen LogP contribution is 2.15. The maximum atomic E-state index is 11.9. The van der Waals surface area contributed by atoms with Gasteiger partial charge in [0.1, 0.15) is 5.78 Å². The maximum absolute atomic E-state index is 11.9. The molecule has 1 aromatic heterocycles. The van der Waals surface area contributed by atoms with E-state index in [0.29, 0.717) is 18.9 Å². The Kier molecular flexibility index (Phi) is 5.08. The number of hydrogen-bond donors (Lipinski definition) is 0. The highest BCUT2D eigenvalue weighted by molar-refractivity contribution is 5.81. The van der Waals surface area contributed by atoms with Crippen LogP contribution in [-0.2, 0) is 16.0 Å². The Morgan fingerprint density at radius 1 is 1.56 bits per heavy atom. The van der Waals surface area contributed by atoms with Gasteiger partial charge in [0.25, 0.3) is 0 Å². The number of methoxy groups -OCH3 is 1. The molecule has 102 valence electrons. The molecule has 18 heavy (non-hydrogen) atoms. The van der Waals surface area contributed by atoms with Crippen molar-refractivity contribution in [3.05, 3.63) is 18.0 Å². The fraction of sp³-hybridized carbons (Fsp3) is 0.714. The number of rotatable bonds is 7. The molecule has 1 aromatic rings. The lowest BCUT2D eigenvalue weighted by molar-refractivity contribution is -0.123. The summed E-state index contributed by atoms with van der Waals surface area (Å²) in [6.07, 6.45) is 3.78. The van der Waals surface area contributed by atoms with Crippen molar-refractivity contribution < 1.29 is 9.53 Å². The van der Waals surface area contributed by atoms with Gasteiger partial charge in [0.2, 0.25) is 0 Å². The number of nitrogens with zero attached hydrogens (tertiary/aromatic N) is 2. The largest absolute Gasteiger partial charge is 0.378 e. The molecule has 0 radical (unpaired) electrons. The van der Waals surface area contributed by atoms with Crippen LogP contribution in [0.25, 0.3) is 0 Å². The van der Waals surface area contributed by atoms with E-state index in [9.17, 15) is 4.79 Å². The van der Waals surface area contributed by atoms with E-state index < -0.39 is 5.60 Å². The van der Waals surface area contributed by atoms with Gasteiger partial charge in [-0.05, 0) is 33.3 Å². The number of carbonyl (C=O) groups excluding carboxylic acids is 1. The molecule has 1 atom stereocenters. The molecule has 0 saturated carbocycles. The standard InChI is InChI=1S/C14H24N2O2/c1-6-11(2)16-8-7-12(15-16)9-13(17)10-14(3,4)18-5/h7-8,11H,6,9-10H2,1-5H3. The van der Waals surface area contributed by atoms with Crippen molar-refractivity contribution in [3.8, 4) is 0 Å². The molecule has 4 nitrogen and oxygen atoms in total. The Balaban J connectivity index is 2.57. The molecule has 0 spiro atoms. The highest BCUT2D eigenvalue weighted by Gasteiger charge is 2.21. The smallest absolute Gasteiger partial charge is 0.141 e. The lowest BCUT2D eigenvalue weighted by atomic mass is 9.99. The van der Waals surface area contributed by atoms with Crippen molar-refractivity contribution >= 4 is 5.78 Å². The summed E-state index contributed by atoms with van der Waals surface area (Å²) in [6, 6.07) is 2.30. The highest BCUT2D eigenvalue weighted by atomic mass is 16.5. The molecule has 0 aliphatic rings. The number of ketones is 1. The van der Waals surface area contributed by atoms with Gasteiger partial charge in [0.05, 0.1) is 17.7 Å². The van der Waals surface area contributed by atoms with E-state index in [1.165, 1.54) is 0 Å². The van der Waals surface area contributed by atoms with Crippen LogP contribution >= 0.6 is 0 Å². The number of aromatic nitrogens is 2. The average Bonchev–Trinajstić information content (AvgIpc) is 2.75. The van der Waals surface area contributed by atoms with Crippen LogP contribution in [0.2, 0.25) is 0 Å². The first kappa shape index (κ1) is 14.9. The summed E-state index contributed by atoms with van der Waals surface area (Å²) in [7, 11) is 1.63. The first-order chi connectivity index (χ1) is 8.38. The molecule has 0 saturated heterocycles. The molecule has 0 aliphatic carbocycles. The van der Waals surface area contributed by atoms with E-state index in [1.807, 2.05) is 30.8 Å². The van der Waals surface area contributed by atoms with Crippen LogP contribution in [0.4, 0.5) is 0 Å². The Morgan fingerprint density at radius 3 is 2.78 bits per heavy atom. The summed E-state index contributed by atoms with van der Waals surface area (Å²) < 4.78 is 7.18. The fourth-order valence-corrected chi connectivity index (χ4v) is 1.72. The Hall–Kier alpha value is -1.16. The Morgan fingerprint density at radius 2 is 2.22 bits per heavy atom. The number of Topliss-reactive ketones (excluding diaryl/α,β-unsaturated/α-hetero) is 1. The molecule has 1 rings (SSSR count). The molecular formula is C14H24N2O2. The van der Waals surface area contributed by atoms with E-state index in [4.69, 9.17) is 4.74 Å². The molecule has 0 N–H and O–H groups in total. The van der Waals surface area contributed by atoms with E-state index >= 15 is 0 Å². The third kappa shape index (κ3) is 4.26. The number of carbonyl (C=O) groups is 1. The third-order valence-electron chi connectivity index (χ3n) is 3.26. The molecule has 0 amide bonds. The minimum absolute atomic E-state index is 0.163. The minimum Gasteiger partial charge on any atom is -0.378 e. The predicted molar refractivity (Wildman–Crippen MR) is 71.6 cm³/mol. The molecule has 1 unspecified atom stereocenters. The van der Waals surface area contributed by atoms with Crippen LogP contribution in [0.15, 0.2) is 12.3 Å². The molecule has 4 heteroatoms. The predicted octanol–water partition coefficient (Wildman–Crippen LogP) is 2.78. The second kappa shape index (κ2) is 6.14. The van der Waals surface area contributed by atoms with Gasteiger partial charge in [-0.2, -0.15) is 5.10 Å². The molecular weight excluding hydrogens is 228 g/mol. The summed E-state index contributed by atoms with van der Waals surface area (Å²) >= 11 is 0. The summed E-state index contributed by atoms with van der Waals surface area (Å²) in [4.78, 5) is 11.9. The van der Waals surface area contributed by atoms with Gasteiger partial charge in [-0.1, -0.05) is 6.92 Å². The normalized spacial score (nSPS) is 13.6. The molecule has 0 fully saturated rings. The van der Waals surface area contributed by atoms with E-state index in [2.05, 4.69) is 18.9 Å². The summed E-state index contributed by atoms with van der Waals surface area (Å²) in [6.45, 7) is 8.08. The average molecular weight is 252 g/mol. The monoisotopic (exact) mass is 252 g/mol. The molecule has 0 aromatic carbocycles. The Bertz CT molecular complexity index is 396. The van der Waals surface area contributed by atoms with Gasteiger partial charge in [-0.15, -0.1) is 0 Å². The van der Waals surface area contributed by atoms with Crippen LogP contribution in [0.1, 0.15) is 52.3 Å². The zero-order valence-corrected chi connectivity index (χ0v) is 12.1. The van der Waals surface area contributed by atoms with E-state index in [1.54, 1.807) is 7.11 Å². The number of hydrogen-bond acceptors (Lipinski definition) is 3. The van der Waals surface area contributed by atoms with Crippen LogP contribution in [0, 0.1) is 0 Å². The molecule has 0 aliphatic heterocycles. The van der Waals surface area contributed by atoms with Gasteiger partial charge >= 0.3 is 0 Å². The van der Waals surface area contributed by atoms with Gasteiger partial charge in [0.15, 0.2) is 0 Å². The Labute approximate surface area is 109 Å². The van der Waals surface area contributed by atoms with Gasteiger partial charge in [-0.25, -0.2) is 0 Å². The fourth-order valence-electron chi connectivity index (χ4n) is 1.72. The summed E-state index contributed by atoms with van der Waals surface area (Å²) in [5.74, 6) is 0.163. The summed E-state index contributed by atoms with van der Waals surface area (Å²) in [5.41, 5.74) is 0.448. The van der Waals surface area contributed by atoms with Crippen molar-refractivity contribution in [1.29, 1.82) is 0 Å². The topological polar surface area (TPSA) is 44.1 Å². The zero-order valence-electron chi connectivity index (χ0n) is 12.1. The van der Waals surface area contributed by atoms with Gasteiger partial charge < -0.3 is 4.74 Å². The van der Waals surface area contributed by atoms with Crippen molar-refractivity contribution in [2.45, 2.75) is 58.6 Å². The van der Waals surface area contributed by atoms with E-state index in [-0.39, 0.29) is 5.78 Å². The maximum Gasteiger partial charge on any atom is 0.141 e. The minimum atomic E-state index is -0.393. The van der Waals surface area contributed by atoms with Crippen molar-refractivity contribution in [1.82, 2.24) is 9.78 Å². The van der Waals surface area contributed by atoms with Gasteiger partial charge in [-0.3, -0.25) is 9.48 Å². The van der Waals surface area contributed by atoms with Crippen molar-refractivity contribution in [2.24, 2.45) is 0 Å². The van der Waals surface area contributed by atoms with Crippen LogP contribution in [0.3, 0.4) is 0 Å². The van der Waals surface area contributed by atoms with Crippen molar-refractivity contribution in [3.63, 3.8) is 0 Å². The zero-order chi connectivity index (χ0) is 13.8. The lowest BCUT2D eigenvalue weighted by Gasteiger charge is -2.21. The van der Waals surface area contributed by atoms with Crippen LogP contribution in [0.5, 0.6) is 0 Å². The third-order valence-corrected chi connectivity index (χ3v) is 3.26. The first-order valence-corrected chi connectivity index (χ1v) is 6.49.